The van der Waals surface area contributed by atoms with Crippen molar-refractivity contribution >= 4 is 28.5 Å². The Bertz CT molecular complexity index is 839. The molecule has 1 aromatic carbocycles. The van der Waals surface area contributed by atoms with Crippen LogP contribution >= 0.6 is 11.3 Å². The number of amides is 1. The minimum atomic E-state index is -0.210. The van der Waals surface area contributed by atoms with Crippen LogP contribution in [0.25, 0.3) is 6.08 Å². The fraction of sp³-hybridized carbons (Fsp3) is 0.429. The van der Waals surface area contributed by atoms with Crippen LogP contribution in [0.1, 0.15) is 30.7 Å². The van der Waals surface area contributed by atoms with Gasteiger partial charge in [0.15, 0.2) is 5.13 Å². The van der Waals surface area contributed by atoms with E-state index in [1.165, 1.54) is 17.4 Å². The van der Waals surface area contributed by atoms with Crippen molar-refractivity contribution < 1.29 is 14.3 Å². The Morgan fingerprint density at radius 2 is 2.14 bits per heavy atom. The summed E-state index contributed by atoms with van der Waals surface area (Å²) in [5.74, 6) is 0.526. The average molecular weight is 402 g/mol. The molecule has 150 valence electrons. The number of nitrogens with zero attached hydrogens (tertiary/aromatic N) is 2. The van der Waals surface area contributed by atoms with E-state index in [0.717, 1.165) is 42.2 Å². The molecule has 1 aliphatic rings. The zero-order valence-corrected chi connectivity index (χ0v) is 17.6. The summed E-state index contributed by atoms with van der Waals surface area (Å²) in [6, 6.07) is 5.85. The van der Waals surface area contributed by atoms with Gasteiger partial charge in [-0.1, -0.05) is 11.6 Å². The highest BCUT2D eigenvalue weighted by molar-refractivity contribution is 7.13. The molecule has 28 heavy (non-hydrogen) atoms. The fourth-order valence-corrected chi connectivity index (χ4v) is 4.08. The van der Waals surface area contributed by atoms with Crippen molar-refractivity contribution in [3.05, 3.63) is 46.5 Å². The van der Waals surface area contributed by atoms with Gasteiger partial charge in [-0.3, -0.25) is 15.0 Å². The number of hydrogen-bond donors (Lipinski definition) is 1. The molecule has 0 aliphatic carbocycles. The molecule has 0 spiro atoms. The summed E-state index contributed by atoms with van der Waals surface area (Å²) in [4.78, 5) is 19.1. The Morgan fingerprint density at radius 3 is 2.86 bits per heavy atom. The lowest BCUT2D eigenvalue weighted by Gasteiger charge is -2.34. The monoisotopic (exact) mass is 401 g/mol. The normalized spacial score (nSPS) is 20.4. The van der Waals surface area contributed by atoms with E-state index < -0.39 is 0 Å². The molecule has 1 saturated heterocycles. The number of nitrogens with one attached hydrogen (secondary N) is 1. The second kappa shape index (κ2) is 9.32. The zero-order valence-electron chi connectivity index (χ0n) is 16.8. The fourth-order valence-electron chi connectivity index (χ4n) is 3.38. The summed E-state index contributed by atoms with van der Waals surface area (Å²) in [5.41, 5.74) is 2.94. The summed E-state index contributed by atoms with van der Waals surface area (Å²) >= 11 is 1.44. The summed E-state index contributed by atoms with van der Waals surface area (Å²) in [6.45, 7) is 8.73. The molecule has 0 bridgehead atoms. The largest absolute Gasteiger partial charge is 0.496 e. The number of ether oxygens (including phenoxy) is 2. The highest BCUT2D eigenvalue weighted by atomic mass is 32.1. The maximum absolute atomic E-state index is 12.3. The Kier molecular flexibility index (Phi) is 6.83. The lowest BCUT2D eigenvalue weighted by Crippen LogP contribution is -2.44. The van der Waals surface area contributed by atoms with E-state index in [0.29, 0.717) is 5.13 Å². The highest BCUT2D eigenvalue weighted by Gasteiger charge is 2.22. The molecule has 2 atom stereocenters. The van der Waals surface area contributed by atoms with E-state index in [4.69, 9.17) is 9.47 Å². The van der Waals surface area contributed by atoms with Crippen molar-refractivity contribution in [1.29, 1.82) is 0 Å². The summed E-state index contributed by atoms with van der Waals surface area (Å²) in [5, 5.41) is 5.44. The number of carbonyl (C=O) groups excluding carboxylic acids is 1. The molecule has 3 rings (SSSR count). The predicted octanol–water partition coefficient (Wildman–Crippen LogP) is 3.72. The lowest BCUT2D eigenvalue weighted by molar-refractivity contribution is -0.111. The molecular weight excluding hydrogens is 374 g/mol. The van der Waals surface area contributed by atoms with Crippen molar-refractivity contribution in [3.8, 4) is 5.75 Å². The van der Waals surface area contributed by atoms with Crippen LogP contribution in [0.2, 0.25) is 0 Å². The highest BCUT2D eigenvalue weighted by Crippen LogP contribution is 2.22. The summed E-state index contributed by atoms with van der Waals surface area (Å²) < 4.78 is 11.1. The third kappa shape index (κ3) is 5.64. The SMILES string of the molecule is COc1ccc(C)cc1/C=C/C(=O)Nc1nc(CN2CC(C)OC(C)C2)cs1. The van der Waals surface area contributed by atoms with Crippen LogP contribution in [0.4, 0.5) is 5.13 Å². The smallest absolute Gasteiger partial charge is 0.250 e. The number of anilines is 1. The lowest BCUT2D eigenvalue weighted by atomic mass is 10.1. The number of aromatic nitrogens is 1. The van der Waals surface area contributed by atoms with Crippen molar-refractivity contribution in [2.75, 3.05) is 25.5 Å². The van der Waals surface area contributed by atoms with Gasteiger partial charge in [-0.05, 0) is 39.0 Å². The second-order valence-corrected chi connectivity index (χ2v) is 8.02. The zero-order chi connectivity index (χ0) is 20.1. The van der Waals surface area contributed by atoms with Crippen molar-refractivity contribution in [2.45, 2.75) is 39.5 Å². The van der Waals surface area contributed by atoms with Gasteiger partial charge in [0, 0.05) is 36.7 Å². The second-order valence-electron chi connectivity index (χ2n) is 7.16. The van der Waals surface area contributed by atoms with Gasteiger partial charge in [-0.15, -0.1) is 11.3 Å². The Balaban J connectivity index is 1.57. The van der Waals surface area contributed by atoms with Crippen molar-refractivity contribution in [3.63, 3.8) is 0 Å². The number of rotatable bonds is 6. The number of morpholine rings is 1. The molecular formula is C21H27N3O3S. The third-order valence-electron chi connectivity index (χ3n) is 4.46. The van der Waals surface area contributed by atoms with Crippen LogP contribution in [0.15, 0.2) is 29.7 Å². The van der Waals surface area contributed by atoms with Gasteiger partial charge < -0.3 is 9.47 Å². The van der Waals surface area contributed by atoms with Gasteiger partial charge in [0.25, 0.3) is 0 Å². The van der Waals surface area contributed by atoms with E-state index in [1.54, 1.807) is 13.2 Å². The van der Waals surface area contributed by atoms with E-state index in [1.807, 2.05) is 30.5 Å². The molecule has 0 radical (unpaired) electrons. The van der Waals surface area contributed by atoms with E-state index in [2.05, 4.69) is 29.0 Å². The Labute approximate surface area is 170 Å². The molecule has 6 nitrogen and oxygen atoms in total. The molecule has 1 N–H and O–H groups in total. The minimum Gasteiger partial charge on any atom is -0.496 e. The van der Waals surface area contributed by atoms with E-state index in [-0.39, 0.29) is 18.1 Å². The number of methoxy groups -OCH3 is 1. The predicted molar refractivity (Wildman–Crippen MR) is 113 cm³/mol. The van der Waals surface area contributed by atoms with Gasteiger partial charge in [0.1, 0.15) is 5.75 Å². The average Bonchev–Trinajstić information content (AvgIpc) is 3.06. The number of benzene rings is 1. The van der Waals surface area contributed by atoms with Crippen LogP contribution in [0, 0.1) is 6.92 Å². The Morgan fingerprint density at radius 1 is 1.39 bits per heavy atom. The molecule has 2 unspecified atom stereocenters. The topological polar surface area (TPSA) is 63.7 Å². The molecule has 2 aromatic rings. The maximum Gasteiger partial charge on any atom is 0.250 e. The minimum absolute atomic E-state index is 0.210. The number of thiazole rings is 1. The molecule has 1 amide bonds. The first-order chi connectivity index (χ1) is 13.4. The Hall–Kier alpha value is -2.22. The first-order valence-electron chi connectivity index (χ1n) is 9.39. The quantitative estimate of drug-likeness (QED) is 0.748. The van der Waals surface area contributed by atoms with Crippen LogP contribution in [-0.2, 0) is 16.1 Å². The van der Waals surface area contributed by atoms with Crippen LogP contribution in [0.3, 0.4) is 0 Å². The maximum atomic E-state index is 12.3. The van der Waals surface area contributed by atoms with Crippen molar-refractivity contribution in [1.82, 2.24) is 9.88 Å². The summed E-state index contributed by atoms with van der Waals surface area (Å²) in [7, 11) is 1.62. The van der Waals surface area contributed by atoms with E-state index >= 15 is 0 Å². The number of carbonyl (C=O) groups is 1. The first kappa shape index (κ1) is 20.5. The van der Waals surface area contributed by atoms with Gasteiger partial charge in [-0.2, -0.15) is 0 Å². The first-order valence-corrected chi connectivity index (χ1v) is 10.3. The van der Waals surface area contributed by atoms with Crippen LogP contribution in [-0.4, -0.2) is 48.2 Å². The van der Waals surface area contributed by atoms with Crippen molar-refractivity contribution in [2.24, 2.45) is 0 Å². The third-order valence-corrected chi connectivity index (χ3v) is 5.27. The molecule has 1 aliphatic heterocycles. The van der Waals surface area contributed by atoms with Gasteiger partial charge >= 0.3 is 0 Å². The van der Waals surface area contributed by atoms with E-state index in [9.17, 15) is 4.79 Å². The molecule has 1 aromatic heterocycles. The van der Waals surface area contributed by atoms with Crippen LogP contribution < -0.4 is 10.1 Å². The standard InChI is InChI=1S/C21H27N3O3S/c1-14-5-7-19(26-4)17(9-14)6-8-20(25)23-21-22-18(13-28-21)12-24-10-15(2)27-16(3)11-24/h5-9,13,15-16H,10-12H2,1-4H3,(H,22,23,25)/b8-6+. The number of hydrogen-bond acceptors (Lipinski definition) is 6. The molecule has 2 heterocycles. The molecule has 1 fully saturated rings. The molecule has 0 saturated carbocycles. The summed E-state index contributed by atoms with van der Waals surface area (Å²) in [6.07, 6.45) is 3.71. The van der Waals surface area contributed by atoms with Gasteiger partial charge in [0.2, 0.25) is 5.91 Å². The molecule has 7 heteroatoms. The van der Waals surface area contributed by atoms with Crippen LogP contribution in [0.5, 0.6) is 5.75 Å². The number of aryl methyl sites for hydroxylation is 1. The van der Waals surface area contributed by atoms with Gasteiger partial charge in [-0.25, -0.2) is 4.98 Å². The van der Waals surface area contributed by atoms with Gasteiger partial charge in [0.05, 0.1) is 25.0 Å².